The quantitative estimate of drug-likeness (QED) is 0.930. The first-order chi connectivity index (χ1) is 7.66. The summed E-state index contributed by atoms with van der Waals surface area (Å²) >= 11 is 8.37. The summed E-state index contributed by atoms with van der Waals surface area (Å²) in [6.07, 6.45) is 0. The van der Waals surface area contributed by atoms with E-state index in [-0.39, 0.29) is 5.56 Å². The van der Waals surface area contributed by atoms with Crippen LogP contribution in [0.4, 0.5) is 0 Å². The van der Waals surface area contributed by atoms with Crippen molar-refractivity contribution in [3.05, 3.63) is 34.3 Å². The molecule has 2 rings (SSSR count). The highest BCUT2D eigenvalue weighted by atomic mass is 35.5. The zero-order chi connectivity index (χ0) is 11.5. The van der Waals surface area contributed by atoms with E-state index < -0.39 is 5.97 Å². The zero-order valence-electron chi connectivity index (χ0n) is 7.75. The second-order valence-corrected chi connectivity index (χ2v) is 5.31. The first-order valence-electron chi connectivity index (χ1n) is 4.13. The molecule has 1 aromatic heterocycles. The lowest BCUT2D eigenvalue weighted by atomic mass is 10.2. The Morgan fingerprint density at radius 2 is 2.31 bits per heavy atom. The average Bonchev–Trinajstić information content (AvgIpc) is 2.73. The number of carbonyl (C=O) groups is 1. The lowest BCUT2D eigenvalue weighted by Gasteiger charge is -2.03. The lowest BCUT2D eigenvalue weighted by Crippen LogP contribution is -1.98. The van der Waals surface area contributed by atoms with Crippen LogP contribution in [0.3, 0.4) is 0 Å². The molecule has 1 N–H and O–H groups in total. The third-order valence-electron chi connectivity index (χ3n) is 1.71. The van der Waals surface area contributed by atoms with E-state index in [0.29, 0.717) is 14.3 Å². The third kappa shape index (κ3) is 2.52. The van der Waals surface area contributed by atoms with Gasteiger partial charge in [0.1, 0.15) is 5.51 Å². The third-order valence-corrected chi connectivity index (χ3v) is 3.80. The van der Waals surface area contributed by atoms with Crippen molar-refractivity contribution in [2.45, 2.75) is 9.24 Å². The van der Waals surface area contributed by atoms with Gasteiger partial charge in [0.15, 0.2) is 4.34 Å². The van der Waals surface area contributed by atoms with Crippen molar-refractivity contribution in [2.24, 2.45) is 0 Å². The Morgan fingerprint density at radius 3 is 2.94 bits per heavy atom. The molecule has 0 unspecified atom stereocenters. The van der Waals surface area contributed by atoms with Gasteiger partial charge in [-0.1, -0.05) is 34.7 Å². The van der Waals surface area contributed by atoms with E-state index in [1.54, 1.807) is 17.6 Å². The summed E-state index contributed by atoms with van der Waals surface area (Å²) in [5.74, 6) is -1.01. The Labute approximate surface area is 104 Å². The predicted octanol–water partition coefficient (Wildman–Crippen LogP) is 3.04. The van der Waals surface area contributed by atoms with Crippen LogP contribution < -0.4 is 0 Å². The van der Waals surface area contributed by atoms with Crippen molar-refractivity contribution in [3.63, 3.8) is 0 Å². The number of halogens is 1. The topological polar surface area (TPSA) is 63.1 Å². The van der Waals surface area contributed by atoms with Crippen LogP contribution in [0.25, 0.3) is 0 Å². The maximum atomic E-state index is 11.0. The maximum absolute atomic E-state index is 11.0. The normalized spacial score (nSPS) is 10.3. The number of hydrogen-bond donors (Lipinski definition) is 1. The van der Waals surface area contributed by atoms with Crippen molar-refractivity contribution in [1.82, 2.24) is 10.2 Å². The zero-order valence-corrected chi connectivity index (χ0v) is 10.1. The number of aromatic nitrogens is 2. The van der Waals surface area contributed by atoms with Crippen LogP contribution in [0.1, 0.15) is 10.4 Å². The highest BCUT2D eigenvalue weighted by Gasteiger charge is 2.13. The first-order valence-corrected chi connectivity index (χ1v) is 6.21. The molecule has 0 spiro atoms. The highest BCUT2D eigenvalue weighted by Crippen LogP contribution is 2.32. The van der Waals surface area contributed by atoms with Crippen LogP contribution in [-0.4, -0.2) is 21.3 Å². The van der Waals surface area contributed by atoms with Gasteiger partial charge in [-0.05, 0) is 18.2 Å². The molecule has 0 bridgehead atoms. The second-order valence-electron chi connectivity index (χ2n) is 2.75. The molecule has 16 heavy (non-hydrogen) atoms. The van der Waals surface area contributed by atoms with Crippen molar-refractivity contribution in [3.8, 4) is 0 Å². The molecule has 0 aliphatic carbocycles. The van der Waals surface area contributed by atoms with Crippen LogP contribution in [0.5, 0.6) is 0 Å². The average molecular weight is 273 g/mol. The molecule has 0 aliphatic heterocycles. The van der Waals surface area contributed by atoms with Gasteiger partial charge in [0.25, 0.3) is 0 Å². The van der Waals surface area contributed by atoms with Gasteiger partial charge in [-0.2, -0.15) is 0 Å². The molecular weight excluding hydrogens is 268 g/mol. The molecular formula is C9H5ClN2O2S2. The maximum Gasteiger partial charge on any atom is 0.336 e. The number of nitrogens with zero attached hydrogens (tertiary/aromatic N) is 2. The molecule has 0 fully saturated rings. The van der Waals surface area contributed by atoms with E-state index in [9.17, 15) is 4.79 Å². The van der Waals surface area contributed by atoms with Gasteiger partial charge in [0.05, 0.1) is 5.56 Å². The number of aromatic carboxylic acids is 1. The minimum atomic E-state index is -1.01. The van der Waals surface area contributed by atoms with E-state index in [0.717, 1.165) is 0 Å². The highest BCUT2D eigenvalue weighted by molar-refractivity contribution is 8.01. The largest absolute Gasteiger partial charge is 0.478 e. The molecule has 0 atom stereocenters. The summed E-state index contributed by atoms with van der Waals surface area (Å²) < 4.78 is 0.699. The molecule has 4 nitrogen and oxygen atoms in total. The number of hydrogen-bond acceptors (Lipinski definition) is 5. The summed E-state index contributed by atoms with van der Waals surface area (Å²) in [4.78, 5) is 11.6. The monoisotopic (exact) mass is 272 g/mol. The van der Waals surface area contributed by atoms with Crippen LogP contribution in [-0.2, 0) is 0 Å². The van der Waals surface area contributed by atoms with E-state index in [2.05, 4.69) is 10.2 Å². The van der Waals surface area contributed by atoms with Crippen molar-refractivity contribution >= 4 is 40.7 Å². The van der Waals surface area contributed by atoms with Gasteiger partial charge in [0.2, 0.25) is 0 Å². The van der Waals surface area contributed by atoms with Gasteiger partial charge in [0, 0.05) is 9.92 Å². The van der Waals surface area contributed by atoms with Crippen LogP contribution >= 0.6 is 34.7 Å². The van der Waals surface area contributed by atoms with Crippen LogP contribution in [0.15, 0.2) is 32.9 Å². The van der Waals surface area contributed by atoms with Crippen molar-refractivity contribution in [2.75, 3.05) is 0 Å². The van der Waals surface area contributed by atoms with Crippen LogP contribution in [0.2, 0.25) is 5.02 Å². The Balaban J connectivity index is 2.36. The molecule has 7 heteroatoms. The van der Waals surface area contributed by atoms with Crippen molar-refractivity contribution in [1.29, 1.82) is 0 Å². The van der Waals surface area contributed by atoms with Crippen molar-refractivity contribution < 1.29 is 9.90 Å². The minimum Gasteiger partial charge on any atom is -0.478 e. The number of carboxylic acids is 1. The summed E-state index contributed by atoms with van der Waals surface area (Å²) in [6.45, 7) is 0. The summed E-state index contributed by atoms with van der Waals surface area (Å²) in [6, 6.07) is 4.74. The molecule has 0 aliphatic rings. The fourth-order valence-corrected chi connectivity index (χ4v) is 2.77. The molecule has 1 aromatic carbocycles. The molecule has 0 saturated heterocycles. The molecule has 0 saturated carbocycles. The Kier molecular flexibility index (Phi) is 3.42. The van der Waals surface area contributed by atoms with Gasteiger partial charge in [-0.15, -0.1) is 10.2 Å². The Morgan fingerprint density at radius 1 is 1.50 bits per heavy atom. The molecule has 1 heterocycles. The Bertz CT molecular complexity index is 516. The standard InChI is InChI=1S/C9H5ClN2O2S2/c10-5-1-2-7(6(3-5)8(13)14)16-9-12-11-4-15-9/h1-4H,(H,13,14). The first kappa shape index (κ1) is 11.4. The van der Waals surface area contributed by atoms with E-state index in [1.165, 1.54) is 29.2 Å². The lowest BCUT2D eigenvalue weighted by molar-refractivity contribution is 0.0693. The molecule has 2 aromatic rings. The fraction of sp³-hybridized carbons (Fsp3) is 0. The number of rotatable bonds is 3. The SMILES string of the molecule is O=C(O)c1cc(Cl)ccc1Sc1nncs1. The second kappa shape index (κ2) is 4.82. The van der Waals surface area contributed by atoms with Gasteiger partial charge >= 0.3 is 5.97 Å². The van der Waals surface area contributed by atoms with Crippen LogP contribution in [0, 0.1) is 0 Å². The van der Waals surface area contributed by atoms with Gasteiger partial charge in [-0.25, -0.2) is 4.79 Å². The summed E-state index contributed by atoms with van der Waals surface area (Å²) in [7, 11) is 0. The molecule has 82 valence electrons. The molecule has 0 amide bonds. The number of carboxylic acid groups (broad SMARTS) is 1. The van der Waals surface area contributed by atoms with E-state index in [1.807, 2.05) is 0 Å². The Hall–Kier alpha value is -1.11. The predicted molar refractivity (Wildman–Crippen MR) is 62.4 cm³/mol. The number of benzene rings is 1. The van der Waals surface area contributed by atoms with Gasteiger partial charge < -0.3 is 5.11 Å². The summed E-state index contributed by atoms with van der Waals surface area (Å²) in [5.41, 5.74) is 1.77. The smallest absolute Gasteiger partial charge is 0.336 e. The molecule has 0 radical (unpaired) electrons. The van der Waals surface area contributed by atoms with E-state index in [4.69, 9.17) is 16.7 Å². The summed E-state index contributed by atoms with van der Waals surface area (Å²) in [5, 5.41) is 16.9. The fourth-order valence-electron chi connectivity index (χ4n) is 1.06. The minimum absolute atomic E-state index is 0.174. The van der Waals surface area contributed by atoms with Gasteiger partial charge in [-0.3, -0.25) is 0 Å². The van der Waals surface area contributed by atoms with E-state index >= 15 is 0 Å².